The van der Waals surface area contributed by atoms with Gasteiger partial charge in [-0.25, -0.2) is 0 Å². The Balaban J connectivity index is 1.37. The van der Waals surface area contributed by atoms with Gasteiger partial charge in [-0.15, -0.1) is 0 Å². The van der Waals surface area contributed by atoms with Crippen molar-refractivity contribution in [1.29, 1.82) is 0 Å². The summed E-state index contributed by atoms with van der Waals surface area (Å²) in [5.74, 6) is 0.919. The maximum atomic E-state index is 12.2. The van der Waals surface area contributed by atoms with E-state index in [9.17, 15) is 4.79 Å². The van der Waals surface area contributed by atoms with Gasteiger partial charge in [0.2, 0.25) is 5.91 Å². The summed E-state index contributed by atoms with van der Waals surface area (Å²) in [5, 5.41) is 6.66. The molecule has 1 saturated carbocycles. The summed E-state index contributed by atoms with van der Waals surface area (Å²) in [5.41, 5.74) is 0. The van der Waals surface area contributed by atoms with Crippen molar-refractivity contribution in [3.05, 3.63) is 24.4 Å². The topological polar surface area (TPSA) is 44.4 Å². The lowest BCUT2D eigenvalue weighted by Gasteiger charge is -2.35. The highest BCUT2D eigenvalue weighted by atomic mass is 16.2. The first-order valence-electron chi connectivity index (χ1n) is 8.92. The first kappa shape index (κ1) is 15.6. The zero-order chi connectivity index (χ0) is 15.2. The molecule has 22 heavy (non-hydrogen) atoms. The molecule has 2 aliphatic heterocycles. The summed E-state index contributed by atoms with van der Waals surface area (Å²) in [6.07, 6.45) is 17.0. The van der Waals surface area contributed by atoms with Crippen LogP contribution in [0.15, 0.2) is 24.4 Å². The molecule has 2 heterocycles. The van der Waals surface area contributed by atoms with Crippen LogP contribution in [0.2, 0.25) is 0 Å². The van der Waals surface area contributed by atoms with Crippen LogP contribution in [0.1, 0.15) is 44.9 Å². The molecule has 3 rings (SSSR count). The molecule has 1 atom stereocenters. The molecule has 0 spiro atoms. The minimum absolute atomic E-state index is 0.226. The van der Waals surface area contributed by atoms with Crippen molar-refractivity contribution in [3.63, 3.8) is 0 Å². The van der Waals surface area contributed by atoms with Crippen molar-refractivity contribution in [2.45, 2.75) is 57.0 Å². The summed E-state index contributed by atoms with van der Waals surface area (Å²) < 4.78 is 0. The molecular weight excluding hydrogens is 274 g/mol. The SMILES string of the molecule is O=C(CN1CCC(C2C=CC=CN2)CC1)NC1CCCCC1. The van der Waals surface area contributed by atoms with Crippen molar-refractivity contribution < 1.29 is 4.79 Å². The van der Waals surface area contributed by atoms with Crippen molar-refractivity contribution in [2.24, 2.45) is 5.92 Å². The first-order valence-corrected chi connectivity index (χ1v) is 8.92. The standard InChI is InChI=1S/C18H29N3O/c22-18(20-16-6-2-1-3-7-16)14-21-12-9-15(10-13-21)17-8-4-5-11-19-17/h4-5,8,11,15-17,19H,1-3,6-7,9-10,12-14H2,(H,20,22). The van der Waals surface area contributed by atoms with Gasteiger partial charge in [0.25, 0.3) is 0 Å². The van der Waals surface area contributed by atoms with Gasteiger partial charge in [-0.05, 0) is 57.0 Å². The van der Waals surface area contributed by atoms with E-state index in [0.717, 1.165) is 13.1 Å². The smallest absolute Gasteiger partial charge is 0.234 e. The molecule has 2 N–H and O–H groups in total. The van der Waals surface area contributed by atoms with Crippen LogP contribution >= 0.6 is 0 Å². The molecule has 4 heteroatoms. The molecule has 122 valence electrons. The van der Waals surface area contributed by atoms with Crippen LogP contribution in [0.3, 0.4) is 0 Å². The Kier molecular flexibility index (Phi) is 5.54. The van der Waals surface area contributed by atoms with E-state index in [2.05, 4.69) is 27.7 Å². The van der Waals surface area contributed by atoms with Crippen molar-refractivity contribution in [3.8, 4) is 0 Å². The van der Waals surface area contributed by atoms with Crippen LogP contribution in [-0.4, -0.2) is 42.5 Å². The van der Waals surface area contributed by atoms with Gasteiger partial charge in [0.1, 0.15) is 0 Å². The van der Waals surface area contributed by atoms with Gasteiger partial charge in [-0.2, -0.15) is 0 Å². The predicted octanol–water partition coefficient (Wildman–Crippen LogP) is 2.19. The Hall–Kier alpha value is -1.29. The zero-order valence-corrected chi connectivity index (χ0v) is 13.5. The summed E-state index contributed by atoms with van der Waals surface area (Å²) in [7, 11) is 0. The Morgan fingerprint density at radius 1 is 1.09 bits per heavy atom. The Morgan fingerprint density at radius 2 is 1.86 bits per heavy atom. The number of hydrogen-bond donors (Lipinski definition) is 2. The summed E-state index contributed by atoms with van der Waals surface area (Å²) in [4.78, 5) is 14.5. The zero-order valence-electron chi connectivity index (χ0n) is 13.5. The average Bonchev–Trinajstić information content (AvgIpc) is 2.57. The highest BCUT2D eigenvalue weighted by Gasteiger charge is 2.26. The molecule has 1 aliphatic carbocycles. The third-order valence-electron chi connectivity index (χ3n) is 5.29. The molecule has 1 amide bonds. The van der Waals surface area contributed by atoms with E-state index in [1.165, 1.54) is 44.9 Å². The number of piperidine rings is 1. The number of dihydropyridines is 1. The van der Waals surface area contributed by atoms with E-state index < -0.39 is 0 Å². The molecule has 0 aromatic carbocycles. The number of nitrogens with one attached hydrogen (secondary N) is 2. The number of allylic oxidation sites excluding steroid dienone is 2. The number of likely N-dealkylation sites (tertiary alicyclic amines) is 1. The second kappa shape index (κ2) is 7.82. The van der Waals surface area contributed by atoms with E-state index in [0.29, 0.717) is 24.5 Å². The molecule has 2 fully saturated rings. The van der Waals surface area contributed by atoms with Crippen molar-refractivity contribution >= 4 is 5.91 Å². The van der Waals surface area contributed by atoms with E-state index in [1.54, 1.807) is 0 Å². The van der Waals surface area contributed by atoms with Crippen molar-refractivity contribution in [2.75, 3.05) is 19.6 Å². The van der Waals surface area contributed by atoms with Crippen LogP contribution in [0.5, 0.6) is 0 Å². The lowest BCUT2D eigenvalue weighted by Crippen LogP contribution is -2.47. The Morgan fingerprint density at radius 3 is 2.55 bits per heavy atom. The molecule has 0 aromatic heterocycles. The van der Waals surface area contributed by atoms with Crippen LogP contribution in [-0.2, 0) is 4.79 Å². The highest BCUT2D eigenvalue weighted by molar-refractivity contribution is 5.78. The maximum absolute atomic E-state index is 12.2. The second-order valence-corrected chi connectivity index (χ2v) is 6.95. The molecule has 0 radical (unpaired) electrons. The third kappa shape index (κ3) is 4.35. The summed E-state index contributed by atoms with van der Waals surface area (Å²) in [6.45, 7) is 2.66. The normalized spacial score (nSPS) is 27.5. The molecule has 3 aliphatic rings. The highest BCUT2D eigenvalue weighted by Crippen LogP contribution is 2.22. The quantitative estimate of drug-likeness (QED) is 0.837. The van der Waals surface area contributed by atoms with Gasteiger partial charge in [-0.1, -0.05) is 31.4 Å². The minimum Gasteiger partial charge on any atom is -0.384 e. The molecular formula is C18H29N3O. The predicted molar refractivity (Wildman–Crippen MR) is 89.4 cm³/mol. The summed E-state index contributed by atoms with van der Waals surface area (Å²) >= 11 is 0. The van der Waals surface area contributed by atoms with Crippen LogP contribution in [0.25, 0.3) is 0 Å². The van der Waals surface area contributed by atoms with Gasteiger partial charge < -0.3 is 10.6 Å². The average molecular weight is 303 g/mol. The van der Waals surface area contributed by atoms with Crippen LogP contribution in [0.4, 0.5) is 0 Å². The largest absolute Gasteiger partial charge is 0.384 e. The number of carbonyl (C=O) groups is 1. The fraction of sp³-hybridized carbons (Fsp3) is 0.722. The molecule has 0 bridgehead atoms. The van der Waals surface area contributed by atoms with Gasteiger partial charge >= 0.3 is 0 Å². The van der Waals surface area contributed by atoms with Gasteiger partial charge in [0.15, 0.2) is 0 Å². The molecule has 4 nitrogen and oxygen atoms in total. The fourth-order valence-corrected chi connectivity index (χ4v) is 3.95. The number of nitrogens with zero attached hydrogens (tertiary/aromatic N) is 1. The summed E-state index contributed by atoms with van der Waals surface area (Å²) in [6, 6.07) is 0.908. The van der Waals surface area contributed by atoms with Gasteiger partial charge in [0.05, 0.1) is 6.54 Å². The Labute approximate surface area is 134 Å². The molecule has 0 aromatic rings. The van der Waals surface area contributed by atoms with E-state index in [4.69, 9.17) is 0 Å². The van der Waals surface area contributed by atoms with E-state index in [1.807, 2.05) is 12.3 Å². The van der Waals surface area contributed by atoms with Crippen LogP contribution in [0, 0.1) is 5.92 Å². The maximum Gasteiger partial charge on any atom is 0.234 e. The number of hydrogen-bond acceptors (Lipinski definition) is 3. The number of amides is 1. The first-order chi connectivity index (χ1) is 10.8. The van der Waals surface area contributed by atoms with E-state index >= 15 is 0 Å². The van der Waals surface area contributed by atoms with Gasteiger partial charge in [0, 0.05) is 12.1 Å². The second-order valence-electron chi connectivity index (χ2n) is 6.95. The minimum atomic E-state index is 0.226. The molecule has 1 saturated heterocycles. The van der Waals surface area contributed by atoms with Crippen LogP contribution < -0.4 is 10.6 Å². The van der Waals surface area contributed by atoms with E-state index in [-0.39, 0.29) is 5.91 Å². The number of rotatable bonds is 4. The lowest BCUT2D eigenvalue weighted by molar-refractivity contribution is -0.123. The number of carbonyl (C=O) groups excluding carboxylic acids is 1. The monoisotopic (exact) mass is 303 g/mol. The van der Waals surface area contributed by atoms with Gasteiger partial charge in [-0.3, -0.25) is 9.69 Å². The fourth-order valence-electron chi connectivity index (χ4n) is 3.95. The van der Waals surface area contributed by atoms with Crippen molar-refractivity contribution in [1.82, 2.24) is 15.5 Å². The molecule has 1 unspecified atom stereocenters. The Bertz CT molecular complexity index is 418. The third-order valence-corrected chi connectivity index (χ3v) is 5.29. The lowest BCUT2D eigenvalue weighted by atomic mass is 9.88.